The minimum absolute atomic E-state index is 0.241. The number of nitrogens with two attached hydrogens (primary N) is 1. The van der Waals surface area contributed by atoms with Gasteiger partial charge in [0.1, 0.15) is 5.82 Å². The van der Waals surface area contributed by atoms with Gasteiger partial charge in [-0.05, 0) is 34.1 Å². The summed E-state index contributed by atoms with van der Waals surface area (Å²) in [7, 11) is 0. The Balaban J connectivity index is 2.37. The molecule has 3 nitrogen and oxygen atoms in total. The van der Waals surface area contributed by atoms with Crippen LogP contribution < -0.4 is 11.1 Å². The molecule has 0 fully saturated rings. The number of hydrogen-bond donors (Lipinski definition) is 2. The van der Waals surface area contributed by atoms with Crippen molar-refractivity contribution in [1.29, 1.82) is 0 Å². The Morgan fingerprint density at radius 2 is 1.88 bits per heavy atom. The fourth-order valence-corrected chi connectivity index (χ4v) is 2.05. The highest BCUT2D eigenvalue weighted by Gasteiger charge is 2.08. The molecule has 88 valence electrons. The van der Waals surface area contributed by atoms with Crippen molar-refractivity contribution in [3.05, 3.63) is 44.8 Å². The van der Waals surface area contributed by atoms with Crippen molar-refractivity contribution in [1.82, 2.24) is 4.98 Å². The molecule has 0 saturated heterocycles. The van der Waals surface area contributed by atoms with Crippen LogP contribution in [0.3, 0.4) is 0 Å². The van der Waals surface area contributed by atoms with Gasteiger partial charge in [0, 0.05) is 4.47 Å². The van der Waals surface area contributed by atoms with Gasteiger partial charge in [-0.25, -0.2) is 4.98 Å². The van der Waals surface area contributed by atoms with Gasteiger partial charge in [-0.2, -0.15) is 0 Å². The summed E-state index contributed by atoms with van der Waals surface area (Å²) in [4.78, 5) is 4.09. The lowest BCUT2D eigenvalue weighted by Gasteiger charge is -2.10. The Morgan fingerprint density at radius 3 is 2.59 bits per heavy atom. The number of benzene rings is 1. The van der Waals surface area contributed by atoms with E-state index < -0.39 is 0 Å². The Bertz CT molecular complexity index is 560. The van der Waals surface area contributed by atoms with Crippen molar-refractivity contribution in [2.24, 2.45) is 0 Å². The monoisotopic (exact) mass is 331 g/mol. The predicted molar refractivity (Wildman–Crippen MR) is 76.1 cm³/mol. The number of nitrogen functional groups attached to an aromatic ring is 1. The summed E-state index contributed by atoms with van der Waals surface area (Å²) in [6.45, 7) is 0. The molecule has 1 aromatic heterocycles. The smallest absolute Gasteiger partial charge is 0.151 e. The molecule has 0 amide bonds. The van der Waals surface area contributed by atoms with Gasteiger partial charge in [0.05, 0.1) is 15.7 Å². The van der Waals surface area contributed by atoms with Crippen LogP contribution in [0.15, 0.2) is 34.8 Å². The molecule has 0 unspecified atom stereocenters. The topological polar surface area (TPSA) is 50.9 Å². The number of rotatable bonds is 2. The van der Waals surface area contributed by atoms with Crippen LogP contribution in [0.5, 0.6) is 0 Å². The second-order valence-electron chi connectivity index (χ2n) is 3.29. The first kappa shape index (κ1) is 12.5. The minimum Gasteiger partial charge on any atom is -0.382 e. The van der Waals surface area contributed by atoms with Crippen LogP contribution in [0.1, 0.15) is 0 Å². The van der Waals surface area contributed by atoms with E-state index in [1.165, 1.54) is 0 Å². The molecular weight excluding hydrogens is 325 g/mol. The number of nitrogens with one attached hydrogen (secondary N) is 1. The van der Waals surface area contributed by atoms with Crippen molar-refractivity contribution in [3.63, 3.8) is 0 Å². The average molecular weight is 333 g/mol. The molecular formula is C11H8BrCl2N3. The third kappa shape index (κ3) is 2.83. The second kappa shape index (κ2) is 5.12. The van der Waals surface area contributed by atoms with E-state index in [-0.39, 0.29) is 5.82 Å². The van der Waals surface area contributed by atoms with Crippen molar-refractivity contribution in [3.8, 4) is 0 Å². The van der Waals surface area contributed by atoms with E-state index in [1.54, 1.807) is 6.07 Å². The summed E-state index contributed by atoms with van der Waals surface area (Å²) in [5.41, 5.74) is 6.48. The lowest BCUT2D eigenvalue weighted by molar-refractivity contribution is 1.31. The molecule has 3 N–H and O–H groups in total. The summed E-state index contributed by atoms with van der Waals surface area (Å²) in [6, 6.07) is 9.19. The molecule has 0 saturated carbocycles. The second-order valence-corrected chi connectivity index (χ2v) is 4.96. The first-order valence-electron chi connectivity index (χ1n) is 4.71. The number of hydrogen-bond acceptors (Lipinski definition) is 3. The Morgan fingerprint density at radius 1 is 1.18 bits per heavy atom. The van der Waals surface area contributed by atoms with Gasteiger partial charge in [-0.1, -0.05) is 35.3 Å². The maximum atomic E-state index is 6.02. The standard InChI is InChI=1S/C11H8BrCl2N3/c12-6-3-1-2-4-9(6)16-11-8(14)5-7(13)10(15)17-11/h1-5H,(H3,15,16,17). The van der Waals surface area contributed by atoms with E-state index in [0.717, 1.165) is 10.2 Å². The van der Waals surface area contributed by atoms with Gasteiger partial charge in [-0.3, -0.25) is 0 Å². The number of nitrogens with zero attached hydrogens (tertiary/aromatic N) is 1. The summed E-state index contributed by atoms with van der Waals surface area (Å²) in [6.07, 6.45) is 0. The van der Waals surface area contributed by atoms with Gasteiger partial charge in [0.25, 0.3) is 0 Å². The van der Waals surface area contributed by atoms with Crippen molar-refractivity contribution >= 4 is 56.5 Å². The maximum absolute atomic E-state index is 6.02. The Kier molecular flexibility index (Phi) is 3.76. The number of aromatic nitrogens is 1. The molecule has 6 heteroatoms. The molecule has 0 bridgehead atoms. The van der Waals surface area contributed by atoms with Gasteiger partial charge >= 0.3 is 0 Å². The summed E-state index contributed by atoms with van der Waals surface area (Å²) in [5.74, 6) is 0.714. The van der Waals surface area contributed by atoms with Crippen LogP contribution in [0.4, 0.5) is 17.3 Å². The largest absolute Gasteiger partial charge is 0.382 e. The zero-order valence-corrected chi connectivity index (χ0v) is 11.6. The van der Waals surface area contributed by atoms with E-state index in [1.807, 2.05) is 24.3 Å². The fraction of sp³-hybridized carbons (Fsp3) is 0. The van der Waals surface area contributed by atoms with Crippen LogP contribution in [0.25, 0.3) is 0 Å². The predicted octanol–water partition coefficient (Wildman–Crippen LogP) is 4.48. The van der Waals surface area contributed by atoms with Gasteiger partial charge < -0.3 is 11.1 Å². The quantitative estimate of drug-likeness (QED) is 0.852. The van der Waals surface area contributed by atoms with Crippen LogP contribution >= 0.6 is 39.1 Å². The van der Waals surface area contributed by atoms with E-state index in [9.17, 15) is 0 Å². The third-order valence-corrected chi connectivity index (χ3v) is 3.37. The molecule has 2 aromatic rings. The highest BCUT2D eigenvalue weighted by Crippen LogP contribution is 2.31. The zero-order chi connectivity index (χ0) is 12.4. The fourth-order valence-electron chi connectivity index (χ4n) is 1.26. The third-order valence-electron chi connectivity index (χ3n) is 2.08. The summed E-state index contributed by atoms with van der Waals surface area (Å²) >= 11 is 15.3. The van der Waals surface area contributed by atoms with Crippen molar-refractivity contribution in [2.45, 2.75) is 0 Å². The molecule has 0 aliphatic carbocycles. The molecule has 0 aliphatic heterocycles. The minimum atomic E-state index is 0.241. The zero-order valence-electron chi connectivity index (χ0n) is 8.55. The van der Waals surface area contributed by atoms with Crippen LogP contribution in [0.2, 0.25) is 10.0 Å². The highest BCUT2D eigenvalue weighted by atomic mass is 79.9. The molecule has 1 aromatic carbocycles. The molecule has 0 radical (unpaired) electrons. The summed E-state index contributed by atoms with van der Waals surface area (Å²) < 4.78 is 0.909. The lowest BCUT2D eigenvalue weighted by Crippen LogP contribution is -1.99. The maximum Gasteiger partial charge on any atom is 0.151 e. The van der Waals surface area contributed by atoms with E-state index in [2.05, 4.69) is 26.2 Å². The van der Waals surface area contributed by atoms with E-state index in [0.29, 0.717) is 15.9 Å². The van der Waals surface area contributed by atoms with Crippen molar-refractivity contribution < 1.29 is 0 Å². The Hall–Kier alpha value is -0.970. The van der Waals surface area contributed by atoms with Crippen LogP contribution in [-0.4, -0.2) is 4.98 Å². The molecule has 17 heavy (non-hydrogen) atoms. The number of halogens is 3. The van der Waals surface area contributed by atoms with Gasteiger partial charge in [0.15, 0.2) is 5.82 Å². The van der Waals surface area contributed by atoms with E-state index >= 15 is 0 Å². The summed E-state index contributed by atoms with van der Waals surface area (Å²) in [5, 5.41) is 3.84. The van der Waals surface area contributed by atoms with Gasteiger partial charge in [-0.15, -0.1) is 0 Å². The molecule has 0 spiro atoms. The average Bonchev–Trinajstić information content (AvgIpc) is 2.29. The van der Waals surface area contributed by atoms with Crippen molar-refractivity contribution in [2.75, 3.05) is 11.1 Å². The highest BCUT2D eigenvalue weighted by molar-refractivity contribution is 9.10. The Labute approximate surface area is 117 Å². The number of anilines is 3. The lowest BCUT2D eigenvalue weighted by atomic mass is 10.3. The SMILES string of the molecule is Nc1nc(Nc2ccccc2Br)c(Cl)cc1Cl. The molecule has 2 rings (SSSR count). The van der Waals surface area contributed by atoms with Gasteiger partial charge in [0.2, 0.25) is 0 Å². The molecule has 0 atom stereocenters. The molecule has 1 heterocycles. The number of pyridine rings is 1. The van der Waals surface area contributed by atoms with Crippen LogP contribution in [0, 0.1) is 0 Å². The van der Waals surface area contributed by atoms with Crippen LogP contribution in [-0.2, 0) is 0 Å². The number of para-hydroxylation sites is 1. The molecule has 0 aliphatic rings. The normalized spacial score (nSPS) is 10.3. The van der Waals surface area contributed by atoms with E-state index in [4.69, 9.17) is 28.9 Å². The first-order valence-corrected chi connectivity index (χ1v) is 6.26. The first-order chi connectivity index (χ1) is 8.08.